The smallest absolute Gasteiger partial charge is 0.265 e. The third-order valence-corrected chi connectivity index (χ3v) is 5.89. The number of rotatable bonds is 8. The number of thiazole rings is 1. The summed E-state index contributed by atoms with van der Waals surface area (Å²) >= 11 is 1.45. The van der Waals surface area contributed by atoms with E-state index in [1.54, 1.807) is 12.3 Å². The monoisotopic (exact) mass is 463 g/mol. The van der Waals surface area contributed by atoms with Gasteiger partial charge in [0.1, 0.15) is 18.1 Å². The van der Waals surface area contributed by atoms with Crippen LogP contribution in [0.1, 0.15) is 29.5 Å². The Bertz CT molecular complexity index is 1330. The Hall–Kier alpha value is -3.65. The summed E-state index contributed by atoms with van der Waals surface area (Å²) in [4.78, 5) is 31.4. The van der Waals surface area contributed by atoms with Gasteiger partial charge >= 0.3 is 0 Å². The SMILES string of the molecule is CCC(Oc1ccccc1)C(=O)Nc1cc(C)ccc1OCc1cc(=O)n2cc(C)sc2n1. The van der Waals surface area contributed by atoms with E-state index in [0.717, 1.165) is 10.4 Å². The fourth-order valence-electron chi connectivity index (χ4n) is 3.35. The molecule has 4 rings (SSSR count). The molecule has 2 heterocycles. The fraction of sp³-hybridized carbons (Fsp3) is 0.240. The minimum atomic E-state index is -0.646. The Morgan fingerprint density at radius 2 is 1.94 bits per heavy atom. The van der Waals surface area contributed by atoms with Crippen LogP contribution in [0.5, 0.6) is 11.5 Å². The fourth-order valence-corrected chi connectivity index (χ4v) is 4.20. The topological polar surface area (TPSA) is 81.9 Å². The van der Waals surface area contributed by atoms with Crippen molar-refractivity contribution < 1.29 is 14.3 Å². The van der Waals surface area contributed by atoms with Gasteiger partial charge in [0.05, 0.1) is 11.4 Å². The largest absolute Gasteiger partial charge is 0.485 e. The maximum absolute atomic E-state index is 12.9. The number of para-hydroxylation sites is 1. The van der Waals surface area contributed by atoms with Crippen LogP contribution in [-0.2, 0) is 11.4 Å². The summed E-state index contributed by atoms with van der Waals surface area (Å²) in [5.74, 6) is 0.869. The van der Waals surface area contributed by atoms with Gasteiger partial charge in [-0.2, -0.15) is 0 Å². The van der Waals surface area contributed by atoms with Gasteiger partial charge in [0.15, 0.2) is 11.1 Å². The number of nitrogens with zero attached hydrogens (tertiary/aromatic N) is 2. The number of amides is 1. The van der Waals surface area contributed by atoms with Crippen molar-refractivity contribution in [3.8, 4) is 11.5 Å². The first-order valence-corrected chi connectivity index (χ1v) is 11.5. The van der Waals surface area contributed by atoms with Crippen molar-refractivity contribution in [3.63, 3.8) is 0 Å². The van der Waals surface area contributed by atoms with Crippen molar-refractivity contribution in [1.82, 2.24) is 9.38 Å². The molecular weight excluding hydrogens is 438 g/mol. The molecule has 4 aromatic rings. The van der Waals surface area contributed by atoms with Crippen LogP contribution in [0.2, 0.25) is 0 Å². The summed E-state index contributed by atoms with van der Waals surface area (Å²) in [6.07, 6.45) is 1.64. The summed E-state index contributed by atoms with van der Waals surface area (Å²) in [7, 11) is 0. The molecule has 7 nitrogen and oxygen atoms in total. The molecule has 0 fully saturated rings. The first-order chi connectivity index (χ1) is 15.9. The van der Waals surface area contributed by atoms with Crippen LogP contribution in [0.25, 0.3) is 4.96 Å². The van der Waals surface area contributed by atoms with Crippen LogP contribution in [0.3, 0.4) is 0 Å². The van der Waals surface area contributed by atoms with Gasteiger partial charge in [0.25, 0.3) is 11.5 Å². The van der Waals surface area contributed by atoms with Gasteiger partial charge in [0.2, 0.25) is 0 Å². The summed E-state index contributed by atoms with van der Waals surface area (Å²) in [5.41, 5.74) is 1.89. The average Bonchev–Trinajstić information content (AvgIpc) is 3.18. The van der Waals surface area contributed by atoms with E-state index in [4.69, 9.17) is 9.47 Å². The Kier molecular flexibility index (Phi) is 6.74. The second kappa shape index (κ2) is 9.87. The molecule has 0 saturated heterocycles. The maximum Gasteiger partial charge on any atom is 0.265 e. The molecule has 0 spiro atoms. The van der Waals surface area contributed by atoms with E-state index in [2.05, 4.69) is 10.3 Å². The summed E-state index contributed by atoms with van der Waals surface area (Å²) < 4.78 is 13.3. The average molecular weight is 464 g/mol. The number of anilines is 1. The lowest BCUT2D eigenvalue weighted by Crippen LogP contribution is -2.32. The molecule has 1 amide bonds. The predicted octanol–water partition coefficient (Wildman–Crippen LogP) is 4.75. The number of carbonyl (C=O) groups is 1. The molecule has 2 aromatic heterocycles. The van der Waals surface area contributed by atoms with Gasteiger partial charge < -0.3 is 14.8 Å². The van der Waals surface area contributed by atoms with Crippen molar-refractivity contribution in [1.29, 1.82) is 0 Å². The molecule has 2 aromatic carbocycles. The summed E-state index contributed by atoms with van der Waals surface area (Å²) in [6.45, 7) is 5.87. The number of nitrogens with one attached hydrogen (secondary N) is 1. The van der Waals surface area contributed by atoms with E-state index in [9.17, 15) is 9.59 Å². The highest BCUT2D eigenvalue weighted by atomic mass is 32.1. The molecule has 0 aliphatic heterocycles. The zero-order valence-corrected chi connectivity index (χ0v) is 19.5. The molecule has 0 aliphatic carbocycles. The van der Waals surface area contributed by atoms with Gasteiger partial charge in [-0.05, 0) is 50.1 Å². The number of hydrogen-bond acceptors (Lipinski definition) is 6. The van der Waals surface area contributed by atoms with Crippen LogP contribution in [0.4, 0.5) is 5.69 Å². The number of fused-ring (bicyclic) bond motifs is 1. The van der Waals surface area contributed by atoms with Gasteiger partial charge in [-0.3, -0.25) is 14.0 Å². The maximum atomic E-state index is 12.9. The number of benzene rings is 2. The molecule has 0 saturated carbocycles. The number of ether oxygens (including phenoxy) is 2. The molecule has 1 atom stereocenters. The lowest BCUT2D eigenvalue weighted by atomic mass is 10.2. The lowest BCUT2D eigenvalue weighted by Gasteiger charge is -2.19. The summed E-state index contributed by atoms with van der Waals surface area (Å²) in [5, 5.41) is 2.93. The quantitative estimate of drug-likeness (QED) is 0.408. The van der Waals surface area contributed by atoms with Crippen molar-refractivity contribution in [2.45, 2.75) is 39.9 Å². The Morgan fingerprint density at radius 3 is 2.70 bits per heavy atom. The number of carbonyl (C=O) groups excluding carboxylic acids is 1. The molecule has 8 heteroatoms. The zero-order valence-electron chi connectivity index (χ0n) is 18.7. The second-order valence-electron chi connectivity index (χ2n) is 7.69. The highest BCUT2D eigenvalue weighted by Gasteiger charge is 2.20. The standard InChI is InChI=1S/C25H25N3O4S/c1-4-21(32-19-8-6-5-7-9-19)24(30)27-20-12-16(2)10-11-22(20)31-15-18-13-23(29)28-14-17(3)33-25(28)26-18/h5-14,21H,4,15H2,1-3H3,(H,27,30). The second-order valence-corrected chi connectivity index (χ2v) is 8.90. The molecular formula is C25H25N3O4S. The lowest BCUT2D eigenvalue weighted by molar-refractivity contribution is -0.122. The van der Waals surface area contributed by atoms with Crippen molar-refractivity contribution in [2.24, 2.45) is 0 Å². The van der Waals surface area contributed by atoms with Gasteiger partial charge in [0, 0.05) is 17.1 Å². The minimum absolute atomic E-state index is 0.104. The molecule has 1 N–H and O–H groups in total. The van der Waals surface area contributed by atoms with Crippen LogP contribution < -0.4 is 20.3 Å². The molecule has 0 aliphatic rings. The van der Waals surface area contributed by atoms with Crippen molar-refractivity contribution in [2.75, 3.05) is 5.32 Å². The van der Waals surface area contributed by atoms with Crippen LogP contribution in [0.15, 0.2) is 65.6 Å². The minimum Gasteiger partial charge on any atom is -0.485 e. The highest BCUT2D eigenvalue weighted by molar-refractivity contribution is 7.16. The van der Waals surface area contributed by atoms with E-state index < -0.39 is 6.10 Å². The normalized spacial score (nSPS) is 11.8. The third-order valence-electron chi connectivity index (χ3n) is 4.99. The molecule has 0 radical (unpaired) electrons. The Balaban J connectivity index is 1.50. The van der Waals surface area contributed by atoms with E-state index in [1.165, 1.54) is 21.8 Å². The number of hydrogen-bond donors (Lipinski definition) is 1. The number of aryl methyl sites for hydroxylation is 2. The first-order valence-electron chi connectivity index (χ1n) is 10.7. The van der Waals surface area contributed by atoms with Gasteiger partial charge in [-0.25, -0.2) is 4.98 Å². The molecule has 170 valence electrons. The summed E-state index contributed by atoms with van der Waals surface area (Å²) in [6, 6.07) is 16.3. The Morgan fingerprint density at radius 1 is 1.15 bits per heavy atom. The van der Waals surface area contributed by atoms with Crippen molar-refractivity contribution in [3.05, 3.63) is 87.3 Å². The van der Waals surface area contributed by atoms with E-state index in [0.29, 0.717) is 34.3 Å². The first kappa shape index (κ1) is 22.5. The number of aromatic nitrogens is 2. The van der Waals surface area contributed by atoms with Crippen LogP contribution in [0, 0.1) is 13.8 Å². The van der Waals surface area contributed by atoms with Crippen LogP contribution >= 0.6 is 11.3 Å². The third kappa shape index (κ3) is 5.40. The Labute approximate surface area is 195 Å². The van der Waals surface area contributed by atoms with Crippen molar-refractivity contribution >= 4 is 27.9 Å². The molecule has 0 bridgehead atoms. The molecule has 33 heavy (non-hydrogen) atoms. The molecule has 1 unspecified atom stereocenters. The van der Waals surface area contributed by atoms with Gasteiger partial charge in [-0.1, -0.05) is 31.2 Å². The zero-order chi connectivity index (χ0) is 23.4. The van der Waals surface area contributed by atoms with E-state index >= 15 is 0 Å². The highest BCUT2D eigenvalue weighted by Crippen LogP contribution is 2.27. The van der Waals surface area contributed by atoms with Crippen LogP contribution in [-0.4, -0.2) is 21.4 Å². The van der Waals surface area contributed by atoms with E-state index in [1.807, 2.05) is 63.2 Å². The predicted molar refractivity (Wildman–Crippen MR) is 129 cm³/mol. The van der Waals surface area contributed by atoms with E-state index in [-0.39, 0.29) is 18.1 Å². The van der Waals surface area contributed by atoms with Gasteiger partial charge in [-0.15, -0.1) is 11.3 Å².